The molecule has 0 fully saturated rings. The molecular formula is C24H26N4O2S2. The standard InChI is InChI=1S/C24H26N4O2S2/c1-17-7-9-19(10-8-17)25-22(29)15-31-16-23(30)27-24-26-20-11-12-28(14-21(20)32-24)13-18-5-3-2-4-6-18/h2-10H,11-16H2,1H3,(H,25,29)(H,26,27,30). The summed E-state index contributed by atoms with van der Waals surface area (Å²) in [5.74, 6) is 0.191. The van der Waals surface area contributed by atoms with Gasteiger partial charge < -0.3 is 10.6 Å². The molecule has 1 aromatic heterocycles. The largest absolute Gasteiger partial charge is 0.325 e. The van der Waals surface area contributed by atoms with Gasteiger partial charge in [-0.05, 0) is 24.6 Å². The van der Waals surface area contributed by atoms with Crippen LogP contribution in [-0.2, 0) is 29.1 Å². The molecule has 2 amide bonds. The predicted octanol–water partition coefficient (Wildman–Crippen LogP) is 4.32. The van der Waals surface area contributed by atoms with E-state index in [0.717, 1.165) is 43.0 Å². The molecule has 0 aliphatic carbocycles. The van der Waals surface area contributed by atoms with Gasteiger partial charge in [0.1, 0.15) is 0 Å². The molecule has 2 aromatic carbocycles. The number of anilines is 2. The maximum Gasteiger partial charge on any atom is 0.236 e. The van der Waals surface area contributed by atoms with Crippen LogP contribution in [0.25, 0.3) is 0 Å². The minimum atomic E-state index is -0.134. The Morgan fingerprint density at radius 2 is 1.75 bits per heavy atom. The Labute approximate surface area is 196 Å². The van der Waals surface area contributed by atoms with E-state index in [1.165, 1.54) is 22.2 Å². The molecule has 166 valence electrons. The van der Waals surface area contributed by atoms with Crippen LogP contribution in [0.4, 0.5) is 10.8 Å². The second-order valence-electron chi connectivity index (χ2n) is 7.79. The lowest BCUT2D eigenvalue weighted by atomic mass is 10.1. The van der Waals surface area contributed by atoms with Crippen molar-refractivity contribution >= 4 is 45.7 Å². The van der Waals surface area contributed by atoms with E-state index in [4.69, 9.17) is 0 Å². The topological polar surface area (TPSA) is 74.3 Å². The lowest BCUT2D eigenvalue weighted by Crippen LogP contribution is -2.29. The fourth-order valence-electron chi connectivity index (χ4n) is 3.50. The number of thioether (sulfide) groups is 1. The summed E-state index contributed by atoms with van der Waals surface area (Å²) in [7, 11) is 0. The summed E-state index contributed by atoms with van der Waals surface area (Å²) in [5.41, 5.74) is 4.29. The van der Waals surface area contributed by atoms with Crippen LogP contribution >= 0.6 is 23.1 Å². The van der Waals surface area contributed by atoms with Gasteiger partial charge >= 0.3 is 0 Å². The van der Waals surface area contributed by atoms with Crippen molar-refractivity contribution in [3.63, 3.8) is 0 Å². The quantitative estimate of drug-likeness (QED) is 0.517. The van der Waals surface area contributed by atoms with Crippen molar-refractivity contribution in [1.82, 2.24) is 9.88 Å². The second kappa shape index (κ2) is 10.8. The molecule has 0 saturated heterocycles. The molecule has 6 nitrogen and oxygen atoms in total. The number of thiazole rings is 1. The molecule has 3 aromatic rings. The molecule has 0 atom stereocenters. The van der Waals surface area contributed by atoms with E-state index >= 15 is 0 Å². The molecule has 0 spiro atoms. The average molecular weight is 467 g/mol. The SMILES string of the molecule is Cc1ccc(NC(=O)CSCC(=O)Nc2nc3c(s2)CN(Cc2ccccc2)CC3)cc1. The zero-order chi connectivity index (χ0) is 22.3. The summed E-state index contributed by atoms with van der Waals surface area (Å²) in [6.07, 6.45) is 0.891. The van der Waals surface area contributed by atoms with Crippen LogP contribution in [0.1, 0.15) is 21.7 Å². The van der Waals surface area contributed by atoms with Crippen LogP contribution in [0.3, 0.4) is 0 Å². The predicted molar refractivity (Wildman–Crippen MR) is 132 cm³/mol. The summed E-state index contributed by atoms with van der Waals surface area (Å²) >= 11 is 2.84. The fourth-order valence-corrected chi connectivity index (χ4v) is 5.19. The monoisotopic (exact) mass is 466 g/mol. The zero-order valence-electron chi connectivity index (χ0n) is 18.0. The molecule has 0 saturated carbocycles. The third-order valence-electron chi connectivity index (χ3n) is 5.11. The molecule has 32 heavy (non-hydrogen) atoms. The van der Waals surface area contributed by atoms with E-state index in [1.54, 1.807) is 11.3 Å². The first-order chi connectivity index (χ1) is 15.5. The van der Waals surface area contributed by atoms with Crippen molar-refractivity contribution in [2.75, 3.05) is 28.7 Å². The van der Waals surface area contributed by atoms with Gasteiger partial charge in [-0.15, -0.1) is 23.1 Å². The van der Waals surface area contributed by atoms with E-state index in [0.29, 0.717) is 5.13 Å². The molecular weight excluding hydrogens is 440 g/mol. The number of aromatic nitrogens is 1. The molecule has 2 heterocycles. The van der Waals surface area contributed by atoms with Crippen LogP contribution in [0.5, 0.6) is 0 Å². The highest BCUT2D eigenvalue weighted by Gasteiger charge is 2.21. The minimum absolute atomic E-state index is 0.116. The number of hydrogen-bond acceptors (Lipinski definition) is 6. The number of carbonyl (C=O) groups is 2. The smallest absolute Gasteiger partial charge is 0.236 e. The summed E-state index contributed by atoms with van der Waals surface area (Å²) in [4.78, 5) is 32.6. The van der Waals surface area contributed by atoms with E-state index in [9.17, 15) is 9.59 Å². The van der Waals surface area contributed by atoms with Gasteiger partial charge in [-0.25, -0.2) is 4.98 Å². The molecule has 8 heteroatoms. The van der Waals surface area contributed by atoms with Crippen LogP contribution in [0.15, 0.2) is 54.6 Å². The number of aryl methyl sites for hydroxylation is 1. The van der Waals surface area contributed by atoms with Crippen molar-refractivity contribution in [1.29, 1.82) is 0 Å². The number of fused-ring (bicyclic) bond motifs is 1. The van der Waals surface area contributed by atoms with Crippen molar-refractivity contribution < 1.29 is 9.59 Å². The molecule has 2 N–H and O–H groups in total. The Bertz CT molecular complexity index is 1070. The molecule has 4 rings (SSSR count). The Morgan fingerprint density at radius 3 is 2.50 bits per heavy atom. The number of hydrogen-bond donors (Lipinski definition) is 2. The molecule has 0 bridgehead atoms. The van der Waals surface area contributed by atoms with Crippen LogP contribution in [-0.4, -0.2) is 39.7 Å². The Balaban J connectivity index is 1.21. The van der Waals surface area contributed by atoms with Crippen LogP contribution in [0, 0.1) is 6.92 Å². The van der Waals surface area contributed by atoms with Crippen molar-refractivity contribution in [2.45, 2.75) is 26.4 Å². The number of nitrogens with one attached hydrogen (secondary N) is 2. The maximum absolute atomic E-state index is 12.3. The summed E-state index contributed by atoms with van der Waals surface area (Å²) < 4.78 is 0. The van der Waals surface area contributed by atoms with Gasteiger partial charge in [0, 0.05) is 36.6 Å². The second-order valence-corrected chi connectivity index (χ2v) is 9.86. The van der Waals surface area contributed by atoms with Crippen molar-refractivity contribution in [2.24, 2.45) is 0 Å². The normalized spacial score (nSPS) is 13.4. The molecule has 1 aliphatic rings. The summed E-state index contributed by atoms with van der Waals surface area (Å²) in [6, 6.07) is 18.1. The summed E-state index contributed by atoms with van der Waals surface area (Å²) in [6.45, 7) is 4.73. The molecule has 0 unspecified atom stereocenters. The highest BCUT2D eigenvalue weighted by atomic mass is 32.2. The first-order valence-electron chi connectivity index (χ1n) is 10.5. The first kappa shape index (κ1) is 22.5. The number of amides is 2. The van der Waals surface area contributed by atoms with E-state index in [2.05, 4.69) is 44.8 Å². The fraction of sp³-hybridized carbons (Fsp3) is 0.292. The number of benzene rings is 2. The third kappa shape index (κ3) is 6.41. The van der Waals surface area contributed by atoms with Gasteiger partial charge in [0.2, 0.25) is 11.8 Å². The average Bonchev–Trinajstić information content (AvgIpc) is 3.17. The van der Waals surface area contributed by atoms with Gasteiger partial charge in [-0.1, -0.05) is 48.0 Å². The van der Waals surface area contributed by atoms with Crippen molar-refractivity contribution in [3.8, 4) is 0 Å². The Kier molecular flexibility index (Phi) is 7.57. The molecule has 1 aliphatic heterocycles. The van der Waals surface area contributed by atoms with Crippen LogP contribution < -0.4 is 10.6 Å². The minimum Gasteiger partial charge on any atom is -0.325 e. The lowest BCUT2D eigenvalue weighted by molar-refractivity contribution is -0.114. The van der Waals surface area contributed by atoms with Gasteiger partial charge in [-0.2, -0.15) is 0 Å². The third-order valence-corrected chi connectivity index (χ3v) is 7.04. The van der Waals surface area contributed by atoms with E-state index in [-0.39, 0.29) is 23.3 Å². The number of rotatable bonds is 8. The Hall–Kier alpha value is -2.68. The molecule has 0 radical (unpaired) electrons. The van der Waals surface area contributed by atoms with Gasteiger partial charge in [-0.3, -0.25) is 14.5 Å². The highest BCUT2D eigenvalue weighted by Crippen LogP contribution is 2.29. The van der Waals surface area contributed by atoms with Gasteiger partial charge in [0.05, 0.1) is 17.2 Å². The van der Waals surface area contributed by atoms with E-state index < -0.39 is 0 Å². The van der Waals surface area contributed by atoms with Crippen molar-refractivity contribution in [3.05, 3.63) is 76.3 Å². The number of carbonyl (C=O) groups excluding carboxylic acids is 2. The van der Waals surface area contributed by atoms with E-state index in [1.807, 2.05) is 37.3 Å². The van der Waals surface area contributed by atoms with Gasteiger partial charge in [0.25, 0.3) is 0 Å². The first-order valence-corrected chi connectivity index (χ1v) is 12.5. The van der Waals surface area contributed by atoms with Crippen LogP contribution in [0.2, 0.25) is 0 Å². The van der Waals surface area contributed by atoms with Gasteiger partial charge in [0.15, 0.2) is 5.13 Å². The number of nitrogens with zero attached hydrogens (tertiary/aromatic N) is 2. The lowest BCUT2D eigenvalue weighted by Gasteiger charge is -2.25. The zero-order valence-corrected chi connectivity index (χ0v) is 19.6. The Morgan fingerprint density at radius 1 is 1.03 bits per heavy atom. The maximum atomic E-state index is 12.3. The summed E-state index contributed by atoms with van der Waals surface area (Å²) in [5, 5.41) is 6.38. The highest BCUT2D eigenvalue weighted by molar-refractivity contribution is 8.00.